The molecule has 0 aliphatic carbocycles. The van der Waals surface area contributed by atoms with Crippen LogP contribution in [0.2, 0.25) is 5.02 Å². The number of aliphatic hydroxyl groups excluding tert-OH is 1. The molecule has 0 radical (unpaired) electrons. The molecule has 0 aliphatic heterocycles. The van der Waals surface area contributed by atoms with Gasteiger partial charge in [-0.15, -0.1) is 0 Å². The molecule has 0 atom stereocenters. The Labute approximate surface area is 109 Å². The molecule has 0 unspecified atom stereocenters. The Morgan fingerprint density at radius 3 is 2.83 bits per heavy atom. The molecule has 3 nitrogen and oxygen atoms in total. The zero-order valence-electron chi connectivity index (χ0n) is 9.55. The molecule has 0 amide bonds. The summed E-state index contributed by atoms with van der Waals surface area (Å²) in [5, 5.41) is 10.2. The molecular formula is C14H11ClN2O. The summed E-state index contributed by atoms with van der Waals surface area (Å²) in [5.74, 6) is 0. The van der Waals surface area contributed by atoms with Crippen molar-refractivity contribution in [2.75, 3.05) is 0 Å². The second-order valence-corrected chi connectivity index (χ2v) is 4.47. The average Bonchev–Trinajstić information content (AvgIpc) is 2.77. The Kier molecular flexibility index (Phi) is 2.78. The number of nitrogens with zero attached hydrogens (tertiary/aromatic N) is 2. The largest absolute Gasteiger partial charge is 0.392 e. The van der Waals surface area contributed by atoms with Crippen LogP contribution in [-0.2, 0) is 6.61 Å². The molecule has 4 heteroatoms. The van der Waals surface area contributed by atoms with Crippen LogP contribution in [0.3, 0.4) is 0 Å². The van der Waals surface area contributed by atoms with Gasteiger partial charge in [0.1, 0.15) is 0 Å². The molecule has 3 aromatic heterocycles. The summed E-state index contributed by atoms with van der Waals surface area (Å²) in [7, 11) is 0. The van der Waals surface area contributed by atoms with Gasteiger partial charge in [0.05, 0.1) is 18.0 Å². The highest BCUT2D eigenvalue weighted by Gasteiger charge is 2.12. The maximum atomic E-state index is 9.48. The van der Waals surface area contributed by atoms with Gasteiger partial charge in [-0.2, -0.15) is 0 Å². The minimum atomic E-state index is -0.0226. The van der Waals surface area contributed by atoms with E-state index in [2.05, 4.69) is 4.98 Å². The molecule has 0 aromatic carbocycles. The lowest BCUT2D eigenvalue weighted by molar-refractivity contribution is 0.282. The number of rotatable bonds is 2. The number of halogens is 1. The van der Waals surface area contributed by atoms with Crippen LogP contribution in [-0.4, -0.2) is 14.5 Å². The second kappa shape index (κ2) is 4.44. The second-order valence-electron chi connectivity index (χ2n) is 4.03. The first-order valence-electron chi connectivity index (χ1n) is 5.61. The quantitative estimate of drug-likeness (QED) is 0.767. The number of pyridine rings is 2. The molecule has 1 N–H and O–H groups in total. The predicted octanol–water partition coefficient (Wildman–Crippen LogP) is 3.15. The third-order valence-electron chi connectivity index (χ3n) is 2.89. The van der Waals surface area contributed by atoms with Crippen LogP contribution in [0, 0.1) is 0 Å². The van der Waals surface area contributed by atoms with Crippen LogP contribution < -0.4 is 0 Å². The minimum absolute atomic E-state index is 0.0226. The summed E-state index contributed by atoms with van der Waals surface area (Å²) in [6.07, 6.45) is 3.63. The van der Waals surface area contributed by atoms with E-state index < -0.39 is 0 Å². The molecular weight excluding hydrogens is 248 g/mol. The minimum Gasteiger partial charge on any atom is -0.392 e. The predicted molar refractivity (Wildman–Crippen MR) is 71.6 cm³/mol. The van der Waals surface area contributed by atoms with Gasteiger partial charge in [-0.05, 0) is 30.3 Å². The fourth-order valence-electron chi connectivity index (χ4n) is 2.12. The first-order valence-corrected chi connectivity index (χ1v) is 5.99. The zero-order valence-corrected chi connectivity index (χ0v) is 10.3. The summed E-state index contributed by atoms with van der Waals surface area (Å²) < 4.78 is 1.99. The van der Waals surface area contributed by atoms with Crippen molar-refractivity contribution in [1.82, 2.24) is 9.38 Å². The Balaban J connectivity index is 2.33. The van der Waals surface area contributed by atoms with Crippen molar-refractivity contribution >= 4 is 17.1 Å². The van der Waals surface area contributed by atoms with E-state index in [4.69, 9.17) is 11.6 Å². The Hall–Kier alpha value is -1.84. The van der Waals surface area contributed by atoms with Crippen molar-refractivity contribution in [2.45, 2.75) is 6.61 Å². The monoisotopic (exact) mass is 258 g/mol. The van der Waals surface area contributed by atoms with Gasteiger partial charge in [0.2, 0.25) is 0 Å². The maximum absolute atomic E-state index is 9.48. The molecule has 3 rings (SSSR count). The number of hydrogen-bond acceptors (Lipinski definition) is 2. The van der Waals surface area contributed by atoms with Crippen molar-refractivity contribution in [3.05, 3.63) is 59.4 Å². The van der Waals surface area contributed by atoms with Crippen molar-refractivity contribution in [3.63, 3.8) is 0 Å². The Morgan fingerprint density at radius 2 is 2.11 bits per heavy atom. The van der Waals surface area contributed by atoms with E-state index in [0.717, 1.165) is 22.5 Å². The first kappa shape index (κ1) is 11.3. The topological polar surface area (TPSA) is 37.5 Å². The number of fused-ring (bicyclic) bond motifs is 1. The smallest absolute Gasteiger partial charge is 0.0873 e. The van der Waals surface area contributed by atoms with E-state index in [1.807, 2.05) is 47.0 Å². The van der Waals surface area contributed by atoms with E-state index in [1.54, 1.807) is 6.20 Å². The van der Waals surface area contributed by atoms with Crippen molar-refractivity contribution in [3.8, 4) is 11.4 Å². The van der Waals surface area contributed by atoms with E-state index in [0.29, 0.717) is 5.02 Å². The van der Waals surface area contributed by atoms with Gasteiger partial charge in [-0.1, -0.05) is 17.7 Å². The maximum Gasteiger partial charge on any atom is 0.0873 e. The molecule has 0 fully saturated rings. The lowest BCUT2D eigenvalue weighted by Gasteiger charge is -2.04. The standard InChI is InChI=1S/C14H11ClN2O/c15-11-4-6-17-12(8-11)7-10(9-18)14(17)13-3-1-2-5-16-13/h1-8,18H,9H2. The molecule has 90 valence electrons. The van der Waals surface area contributed by atoms with Gasteiger partial charge >= 0.3 is 0 Å². The highest BCUT2D eigenvalue weighted by Crippen LogP contribution is 2.27. The molecule has 0 saturated heterocycles. The Bertz CT molecular complexity index is 692. The van der Waals surface area contributed by atoms with Crippen LogP contribution >= 0.6 is 11.6 Å². The van der Waals surface area contributed by atoms with Gasteiger partial charge < -0.3 is 9.51 Å². The van der Waals surface area contributed by atoms with Crippen molar-refractivity contribution in [2.24, 2.45) is 0 Å². The molecule has 0 saturated carbocycles. The average molecular weight is 259 g/mol. The van der Waals surface area contributed by atoms with Crippen LogP contribution in [0.1, 0.15) is 5.56 Å². The number of aromatic nitrogens is 2. The van der Waals surface area contributed by atoms with Crippen molar-refractivity contribution in [1.29, 1.82) is 0 Å². The first-order chi connectivity index (χ1) is 8.79. The lowest BCUT2D eigenvalue weighted by Crippen LogP contribution is -1.93. The van der Waals surface area contributed by atoms with Crippen LogP contribution in [0.4, 0.5) is 0 Å². The fourth-order valence-corrected chi connectivity index (χ4v) is 2.29. The van der Waals surface area contributed by atoms with Gasteiger partial charge in [0, 0.05) is 28.5 Å². The molecule has 3 heterocycles. The molecule has 0 spiro atoms. The normalized spacial score (nSPS) is 11.0. The fraction of sp³-hybridized carbons (Fsp3) is 0.0714. The third-order valence-corrected chi connectivity index (χ3v) is 3.13. The highest BCUT2D eigenvalue weighted by atomic mass is 35.5. The van der Waals surface area contributed by atoms with E-state index in [1.165, 1.54) is 0 Å². The third kappa shape index (κ3) is 1.78. The molecule has 0 aliphatic rings. The van der Waals surface area contributed by atoms with Crippen LogP contribution in [0.15, 0.2) is 48.8 Å². The van der Waals surface area contributed by atoms with Gasteiger partial charge in [-0.3, -0.25) is 4.98 Å². The highest BCUT2D eigenvalue weighted by molar-refractivity contribution is 6.30. The summed E-state index contributed by atoms with van der Waals surface area (Å²) in [5.41, 5.74) is 3.54. The Morgan fingerprint density at radius 1 is 1.22 bits per heavy atom. The van der Waals surface area contributed by atoms with E-state index >= 15 is 0 Å². The van der Waals surface area contributed by atoms with E-state index in [-0.39, 0.29) is 6.61 Å². The van der Waals surface area contributed by atoms with Gasteiger partial charge in [0.25, 0.3) is 0 Å². The number of aliphatic hydroxyl groups is 1. The van der Waals surface area contributed by atoms with E-state index in [9.17, 15) is 5.11 Å². The van der Waals surface area contributed by atoms with Crippen LogP contribution in [0.25, 0.3) is 16.9 Å². The molecule has 3 aromatic rings. The summed E-state index contributed by atoms with van der Waals surface area (Å²) in [6, 6.07) is 11.3. The summed E-state index contributed by atoms with van der Waals surface area (Å²) >= 11 is 5.98. The van der Waals surface area contributed by atoms with Crippen LogP contribution in [0.5, 0.6) is 0 Å². The summed E-state index contributed by atoms with van der Waals surface area (Å²) in [6.45, 7) is -0.0226. The number of hydrogen-bond donors (Lipinski definition) is 1. The van der Waals surface area contributed by atoms with Crippen molar-refractivity contribution < 1.29 is 5.11 Å². The van der Waals surface area contributed by atoms with Gasteiger partial charge in [-0.25, -0.2) is 0 Å². The lowest BCUT2D eigenvalue weighted by atomic mass is 10.2. The molecule has 18 heavy (non-hydrogen) atoms. The zero-order chi connectivity index (χ0) is 12.5. The SMILES string of the molecule is OCc1cc2cc(Cl)ccn2c1-c1ccccn1. The summed E-state index contributed by atoms with van der Waals surface area (Å²) in [4.78, 5) is 4.34. The van der Waals surface area contributed by atoms with Gasteiger partial charge in [0.15, 0.2) is 0 Å². The molecule has 0 bridgehead atoms.